The molecule has 0 amide bonds. The highest BCUT2D eigenvalue weighted by atomic mass is 16.6. The smallest absolute Gasteiger partial charge is 0.316 e. The van der Waals surface area contributed by atoms with Crippen molar-refractivity contribution in [3.8, 4) is 0 Å². The fourth-order valence-corrected chi connectivity index (χ4v) is 1.99. The number of nitrogens with zero attached hydrogens (tertiary/aromatic N) is 4. The SMILES string of the molecule is CN(Cc1nccn1C)c1cccc(NN)c1[N+](=O)[O-]. The highest BCUT2D eigenvalue weighted by molar-refractivity contribution is 5.76. The Labute approximate surface area is 115 Å². The first-order valence-electron chi connectivity index (χ1n) is 5.96. The molecule has 0 radical (unpaired) electrons. The molecule has 2 rings (SSSR count). The first kappa shape index (κ1) is 13.8. The van der Waals surface area contributed by atoms with Gasteiger partial charge in [0.2, 0.25) is 0 Å². The molecule has 0 fully saturated rings. The van der Waals surface area contributed by atoms with Crippen LogP contribution in [0.3, 0.4) is 0 Å². The van der Waals surface area contributed by atoms with Crippen molar-refractivity contribution in [1.82, 2.24) is 9.55 Å². The predicted octanol–water partition coefficient (Wildman–Crippen LogP) is 1.25. The predicted molar refractivity (Wildman–Crippen MR) is 76.2 cm³/mol. The van der Waals surface area contributed by atoms with E-state index in [0.717, 1.165) is 5.82 Å². The summed E-state index contributed by atoms with van der Waals surface area (Å²) in [5.74, 6) is 6.14. The van der Waals surface area contributed by atoms with Crippen molar-refractivity contribution < 1.29 is 4.92 Å². The largest absolute Gasteiger partial charge is 0.362 e. The number of aryl methyl sites for hydroxylation is 1. The summed E-state index contributed by atoms with van der Waals surface area (Å²) in [6, 6.07) is 4.96. The van der Waals surface area contributed by atoms with Crippen LogP contribution in [0.2, 0.25) is 0 Å². The molecule has 8 heteroatoms. The van der Waals surface area contributed by atoms with Crippen molar-refractivity contribution in [1.29, 1.82) is 0 Å². The number of para-hydroxylation sites is 1. The number of nitrogens with two attached hydrogens (primary N) is 1. The fourth-order valence-electron chi connectivity index (χ4n) is 1.99. The van der Waals surface area contributed by atoms with Gasteiger partial charge in [-0.3, -0.25) is 16.0 Å². The van der Waals surface area contributed by atoms with Crippen LogP contribution in [-0.2, 0) is 13.6 Å². The van der Waals surface area contributed by atoms with Gasteiger partial charge in [0.1, 0.15) is 17.2 Å². The molecule has 8 nitrogen and oxygen atoms in total. The molecule has 0 aliphatic heterocycles. The zero-order chi connectivity index (χ0) is 14.7. The lowest BCUT2D eigenvalue weighted by atomic mass is 10.2. The normalized spacial score (nSPS) is 10.3. The van der Waals surface area contributed by atoms with E-state index in [2.05, 4.69) is 10.4 Å². The zero-order valence-electron chi connectivity index (χ0n) is 11.3. The van der Waals surface area contributed by atoms with Crippen LogP contribution in [0.1, 0.15) is 5.82 Å². The number of benzene rings is 1. The molecule has 0 saturated carbocycles. The molecular weight excluding hydrogens is 260 g/mol. The van der Waals surface area contributed by atoms with Crippen molar-refractivity contribution in [2.24, 2.45) is 12.9 Å². The monoisotopic (exact) mass is 276 g/mol. The maximum absolute atomic E-state index is 11.2. The summed E-state index contributed by atoms with van der Waals surface area (Å²) in [6.45, 7) is 0.457. The second-order valence-electron chi connectivity index (χ2n) is 4.39. The third-order valence-electron chi connectivity index (χ3n) is 3.06. The Balaban J connectivity index is 2.37. The highest BCUT2D eigenvalue weighted by Gasteiger charge is 2.22. The van der Waals surface area contributed by atoms with Crippen LogP contribution in [0, 0.1) is 10.1 Å². The summed E-state index contributed by atoms with van der Waals surface area (Å²) in [5.41, 5.74) is 3.06. The summed E-state index contributed by atoms with van der Waals surface area (Å²) in [6.07, 6.45) is 3.52. The molecule has 1 aromatic heterocycles. The minimum absolute atomic E-state index is 0.0493. The third kappa shape index (κ3) is 2.54. The molecule has 2 aromatic rings. The van der Waals surface area contributed by atoms with E-state index < -0.39 is 4.92 Å². The Morgan fingerprint density at radius 3 is 2.85 bits per heavy atom. The number of hydrogen-bond donors (Lipinski definition) is 2. The van der Waals surface area contributed by atoms with E-state index in [-0.39, 0.29) is 11.4 Å². The molecular formula is C12H16N6O2. The Morgan fingerprint density at radius 2 is 2.30 bits per heavy atom. The van der Waals surface area contributed by atoms with Crippen LogP contribution in [0.25, 0.3) is 0 Å². The summed E-state index contributed by atoms with van der Waals surface area (Å²) < 4.78 is 1.87. The molecule has 0 spiro atoms. The maximum atomic E-state index is 11.2. The lowest BCUT2D eigenvalue weighted by Gasteiger charge is -2.19. The first-order chi connectivity index (χ1) is 9.54. The number of nitrogens with one attached hydrogen (secondary N) is 1. The van der Waals surface area contributed by atoms with Gasteiger partial charge in [-0.15, -0.1) is 0 Å². The molecule has 0 saturated heterocycles. The van der Waals surface area contributed by atoms with E-state index >= 15 is 0 Å². The maximum Gasteiger partial charge on any atom is 0.316 e. The molecule has 20 heavy (non-hydrogen) atoms. The topological polar surface area (TPSA) is 102 Å². The van der Waals surface area contributed by atoms with E-state index in [9.17, 15) is 10.1 Å². The van der Waals surface area contributed by atoms with Crippen LogP contribution in [0.15, 0.2) is 30.6 Å². The second-order valence-corrected chi connectivity index (χ2v) is 4.39. The van der Waals surface area contributed by atoms with Gasteiger partial charge in [0.15, 0.2) is 0 Å². The van der Waals surface area contributed by atoms with Gasteiger partial charge in [0.25, 0.3) is 0 Å². The Hall–Kier alpha value is -2.61. The number of hydrogen-bond acceptors (Lipinski definition) is 6. The lowest BCUT2D eigenvalue weighted by molar-refractivity contribution is -0.383. The number of rotatable bonds is 5. The molecule has 3 N–H and O–H groups in total. The van der Waals surface area contributed by atoms with Gasteiger partial charge in [-0.1, -0.05) is 6.07 Å². The van der Waals surface area contributed by atoms with Gasteiger partial charge in [0, 0.05) is 26.5 Å². The van der Waals surface area contributed by atoms with Crippen molar-refractivity contribution in [3.05, 3.63) is 46.5 Å². The van der Waals surface area contributed by atoms with Gasteiger partial charge in [-0.2, -0.15) is 0 Å². The lowest BCUT2D eigenvalue weighted by Crippen LogP contribution is -2.21. The summed E-state index contributed by atoms with van der Waals surface area (Å²) in [7, 11) is 3.65. The molecule has 0 aliphatic rings. The van der Waals surface area contributed by atoms with Crippen molar-refractivity contribution in [2.45, 2.75) is 6.54 Å². The van der Waals surface area contributed by atoms with Gasteiger partial charge in [-0.25, -0.2) is 4.98 Å². The van der Waals surface area contributed by atoms with Crippen LogP contribution in [0.4, 0.5) is 17.1 Å². The standard InChI is InChI=1S/C12H16N6O2/c1-16-7-6-14-11(16)8-17(2)10-5-3-4-9(15-13)12(10)18(19)20/h3-7,15H,8,13H2,1-2H3. The fraction of sp³-hybridized carbons (Fsp3) is 0.250. The van der Waals surface area contributed by atoms with Gasteiger partial charge in [0.05, 0.1) is 11.5 Å². The van der Waals surface area contributed by atoms with Crippen LogP contribution < -0.4 is 16.2 Å². The Kier molecular flexibility index (Phi) is 3.85. The van der Waals surface area contributed by atoms with Crippen LogP contribution in [-0.4, -0.2) is 21.5 Å². The van der Waals surface area contributed by atoms with Crippen molar-refractivity contribution in [2.75, 3.05) is 17.4 Å². The number of nitrogen functional groups attached to an aromatic ring is 1. The third-order valence-corrected chi connectivity index (χ3v) is 3.06. The molecule has 1 heterocycles. The van der Waals surface area contributed by atoms with Crippen molar-refractivity contribution in [3.63, 3.8) is 0 Å². The van der Waals surface area contributed by atoms with Gasteiger partial charge >= 0.3 is 5.69 Å². The molecule has 0 unspecified atom stereocenters. The summed E-state index contributed by atoms with van der Waals surface area (Å²) in [5, 5.41) is 11.2. The first-order valence-corrected chi connectivity index (χ1v) is 5.96. The molecule has 0 atom stereocenters. The van der Waals surface area contributed by atoms with Crippen molar-refractivity contribution >= 4 is 17.1 Å². The minimum atomic E-state index is -0.445. The number of anilines is 2. The zero-order valence-corrected chi connectivity index (χ0v) is 11.3. The number of nitro benzene ring substituents is 1. The quantitative estimate of drug-likeness (QED) is 0.484. The van der Waals surface area contributed by atoms with E-state index in [1.807, 2.05) is 17.8 Å². The summed E-state index contributed by atoms with van der Waals surface area (Å²) >= 11 is 0. The molecule has 1 aromatic carbocycles. The van der Waals surface area contributed by atoms with Crippen LogP contribution in [0.5, 0.6) is 0 Å². The molecule has 106 valence electrons. The minimum Gasteiger partial charge on any atom is -0.362 e. The second kappa shape index (κ2) is 5.57. The van der Waals surface area contributed by atoms with Gasteiger partial charge < -0.3 is 14.9 Å². The van der Waals surface area contributed by atoms with E-state index in [1.54, 1.807) is 36.3 Å². The Morgan fingerprint density at radius 1 is 1.55 bits per heavy atom. The number of imidazole rings is 1. The van der Waals surface area contributed by atoms with Crippen LogP contribution >= 0.6 is 0 Å². The summed E-state index contributed by atoms with van der Waals surface area (Å²) in [4.78, 5) is 16.8. The molecule has 0 aliphatic carbocycles. The molecule has 0 bridgehead atoms. The van der Waals surface area contributed by atoms with Gasteiger partial charge in [-0.05, 0) is 12.1 Å². The average Bonchev–Trinajstić information content (AvgIpc) is 2.83. The number of nitro groups is 1. The number of aromatic nitrogens is 2. The number of hydrazine groups is 1. The highest BCUT2D eigenvalue weighted by Crippen LogP contribution is 2.34. The van der Waals surface area contributed by atoms with E-state index in [4.69, 9.17) is 5.84 Å². The Bertz CT molecular complexity index is 624. The van der Waals surface area contributed by atoms with E-state index in [0.29, 0.717) is 12.2 Å². The van der Waals surface area contributed by atoms with E-state index in [1.165, 1.54) is 0 Å². The average molecular weight is 276 g/mol.